The van der Waals surface area contributed by atoms with Gasteiger partial charge in [-0.25, -0.2) is 12.8 Å². The average Bonchev–Trinajstić information content (AvgIpc) is 3.05. The lowest BCUT2D eigenvalue weighted by molar-refractivity contribution is -0.140. The summed E-state index contributed by atoms with van der Waals surface area (Å²) in [6, 6.07) is 26.9. The number of carbonyl (C=O) groups excluding carboxylic acids is 2. The van der Waals surface area contributed by atoms with Gasteiger partial charge in [0.1, 0.15) is 24.2 Å². The topological polar surface area (TPSA) is 96.0 Å². The summed E-state index contributed by atoms with van der Waals surface area (Å²) >= 11 is 0. The van der Waals surface area contributed by atoms with Crippen molar-refractivity contribution in [1.29, 1.82) is 0 Å². The lowest BCUT2D eigenvalue weighted by atomic mass is 10.0. The van der Waals surface area contributed by atoms with E-state index in [1.807, 2.05) is 82.3 Å². The molecule has 0 spiro atoms. The van der Waals surface area contributed by atoms with Crippen LogP contribution in [-0.2, 0) is 32.6 Å². The quantitative estimate of drug-likeness (QED) is 0.166. The highest BCUT2D eigenvalue weighted by molar-refractivity contribution is 7.92. The minimum atomic E-state index is -4.33. The van der Waals surface area contributed by atoms with Crippen LogP contribution in [0, 0.1) is 18.7 Å². The van der Waals surface area contributed by atoms with Crippen molar-refractivity contribution < 1.29 is 27.1 Å². The molecule has 10 heteroatoms. The van der Waals surface area contributed by atoms with E-state index in [4.69, 9.17) is 4.74 Å². The number of amides is 2. The molecule has 4 aromatic carbocycles. The second kappa shape index (κ2) is 16.2. The van der Waals surface area contributed by atoms with Gasteiger partial charge in [-0.2, -0.15) is 0 Å². The van der Waals surface area contributed by atoms with Gasteiger partial charge in [0.15, 0.2) is 0 Å². The Morgan fingerprint density at radius 2 is 1.53 bits per heavy atom. The number of ether oxygens (including phenoxy) is 1. The zero-order valence-corrected chi connectivity index (χ0v) is 28.0. The Bertz CT molecular complexity index is 1730. The van der Waals surface area contributed by atoms with E-state index < -0.39 is 34.3 Å². The second-order valence-electron chi connectivity index (χ2n) is 11.7. The fourth-order valence-electron chi connectivity index (χ4n) is 5.12. The van der Waals surface area contributed by atoms with Crippen molar-refractivity contribution in [3.8, 4) is 5.75 Å². The standard InChI is InChI=1S/C37H42FN3O5S/c1-5-46-33-18-20-34(21-19-33)47(44,45)41(32-16-14-31(38)15-17-32)26-36(42)40(25-30-13-9-10-28(4)22-30)35(37(43)39-24-27(2)3)23-29-11-7-6-8-12-29/h6-22,27,35H,5,23-26H2,1-4H3,(H,39,43). The predicted octanol–water partition coefficient (Wildman–Crippen LogP) is 6.14. The van der Waals surface area contributed by atoms with Gasteiger partial charge in [0.2, 0.25) is 11.8 Å². The summed E-state index contributed by atoms with van der Waals surface area (Å²) in [4.78, 5) is 29.8. The molecule has 4 aromatic rings. The number of hydrogen-bond acceptors (Lipinski definition) is 5. The smallest absolute Gasteiger partial charge is 0.264 e. The van der Waals surface area contributed by atoms with E-state index in [-0.39, 0.29) is 35.4 Å². The molecule has 0 aliphatic rings. The molecular weight excluding hydrogens is 617 g/mol. The van der Waals surface area contributed by atoms with Gasteiger partial charge in [-0.1, -0.05) is 74.0 Å². The molecule has 0 saturated heterocycles. The zero-order valence-electron chi connectivity index (χ0n) is 27.2. The van der Waals surface area contributed by atoms with Gasteiger partial charge in [-0.15, -0.1) is 0 Å². The molecule has 4 rings (SSSR count). The van der Waals surface area contributed by atoms with E-state index in [2.05, 4.69) is 5.32 Å². The number of nitrogens with one attached hydrogen (secondary N) is 1. The van der Waals surface area contributed by atoms with Crippen LogP contribution in [0.4, 0.5) is 10.1 Å². The zero-order chi connectivity index (χ0) is 34.0. The van der Waals surface area contributed by atoms with Crippen LogP contribution in [0.3, 0.4) is 0 Å². The lowest BCUT2D eigenvalue weighted by Gasteiger charge is -2.34. The van der Waals surface area contributed by atoms with E-state index >= 15 is 0 Å². The molecule has 1 unspecified atom stereocenters. The molecule has 0 fully saturated rings. The fraction of sp³-hybridized carbons (Fsp3) is 0.297. The number of halogens is 1. The van der Waals surface area contributed by atoms with E-state index in [1.165, 1.54) is 29.2 Å². The summed E-state index contributed by atoms with van der Waals surface area (Å²) in [5.74, 6) is -0.816. The third kappa shape index (κ3) is 9.65. The number of benzene rings is 4. The van der Waals surface area contributed by atoms with E-state index in [0.29, 0.717) is 18.9 Å². The first kappa shape index (κ1) is 35.2. The molecule has 1 atom stereocenters. The molecule has 0 aromatic heterocycles. The summed E-state index contributed by atoms with van der Waals surface area (Å²) in [6.07, 6.45) is 0.213. The average molecular weight is 660 g/mol. The number of sulfonamides is 1. The first-order valence-electron chi connectivity index (χ1n) is 15.7. The molecule has 0 aliphatic heterocycles. The Hall–Kier alpha value is -4.70. The Labute approximate surface area is 277 Å². The summed E-state index contributed by atoms with van der Waals surface area (Å²) in [5, 5.41) is 2.98. The third-order valence-corrected chi connectivity index (χ3v) is 9.30. The Morgan fingerprint density at radius 3 is 2.15 bits per heavy atom. The Kier molecular flexibility index (Phi) is 12.1. The number of anilines is 1. The number of rotatable bonds is 15. The summed E-state index contributed by atoms with van der Waals surface area (Å²) < 4.78 is 48.7. The van der Waals surface area contributed by atoms with E-state index in [0.717, 1.165) is 33.1 Å². The van der Waals surface area contributed by atoms with Gasteiger partial charge in [0.25, 0.3) is 10.0 Å². The van der Waals surface area contributed by atoms with Gasteiger partial charge in [0, 0.05) is 19.5 Å². The predicted molar refractivity (Wildman–Crippen MR) is 182 cm³/mol. The number of aryl methyl sites for hydroxylation is 1. The maximum absolute atomic E-state index is 14.5. The van der Waals surface area contributed by atoms with Crippen LogP contribution in [0.1, 0.15) is 37.5 Å². The van der Waals surface area contributed by atoms with Crippen molar-refractivity contribution in [3.05, 3.63) is 126 Å². The summed E-state index contributed by atoms with van der Waals surface area (Å²) in [5.41, 5.74) is 2.71. The van der Waals surface area contributed by atoms with Crippen LogP contribution in [0.25, 0.3) is 0 Å². The largest absolute Gasteiger partial charge is 0.494 e. The number of carbonyl (C=O) groups is 2. The van der Waals surface area contributed by atoms with Gasteiger partial charge in [-0.05, 0) is 79.4 Å². The summed E-state index contributed by atoms with van der Waals surface area (Å²) in [7, 11) is -4.33. The molecule has 47 heavy (non-hydrogen) atoms. The first-order chi connectivity index (χ1) is 22.5. The minimum Gasteiger partial charge on any atom is -0.494 e. The minimum absolute atomic E-state index is 0.0630. The molecule has 248 valence electrons. The van der Waals surface area contributed by atoms with Crippen LogP contribution in [-0.4, -0.2) is 50.9 Å². The Balaban J connectivity index is 1.79. The van der Waals surface area contributed by atoms with E-state index in [9.17, 15) is 22.4 Å². The van der Waals surface area contributed by atoms with Crippen LogP contribution in [0.15, 0.2) is 108 Å². The first-order valence-corrected chi connectivity index (χ1v) is 17.1. The third-order valence-electron chi connectivity index (χ3n) is 7.51. The molecule has 0 heterocycles. The molecular formula is C37H42FN3O5S. The van der Waals surface area contributed by atoms with Gasteiger partial charge in [0.05, 0.1) is 17.2 Å². The van der Waals surface area contributed by atoms with Crippen molar-refractivity contribution >= 4 is 27.5 Å². The van der Waals surface area contributed by atoms with Gasteiger partial charge in [-0.3, -0.25) is 13.9 Å². The van der Waals surface area contributed by atoms with E-state index in [1.54, 1.807) is 12.1 Å². The van der Waals surface area contributed by atoms with Crippen LogP contribution in [0.2, 0.25) is 0 Å². The molecule has 0 bridgehead atoms. The molecule has 0 radical (unpaired) electrons. The van der Waals surface area contributed by atoms with Gasteiger partial charge >= 0.3 is 0 Å². The molecule has 0 aliphatic carbocycles. The van der Waals surface area contributed by atoms with Crippen LogP contribution >= 0.6 is 0 Å². The molecule has 8 nitrogen and oxygen atoms in total. The normalized spacial score (nSPS) is 12.0. The van der Waals surface area contributed by atoms with Crippen molar-refractivity contribution in [3.63, 3.8) is 0 Å². The maximum Gasteiger partial charge on any atom is 0.264 e. The van der Waals surface area contributed by atoms with Crippen LogP contribution in [0.5, 0.6) is 5.75 Å². The summed E-state index contributed by atoms with van der Waals surface area (Å²) in [6.45, 7) is 7.97. The monoisotopic (exact) mass is 659 g/mol. The molecule has 0 saturated carbocycles. The highest BCUT2D eigenvalue weighted by Gasteiger charge is 2.34. The number of nitrogens with zero attached hydrogens (tertiary/aromatic N) is 2. The second-order valence-corrected chi connectivity index (χ2v) is 13.6. The van der Waals surface area contributed by atoms with Crippen molar-refractivity contribution in [2.24, 2.45) is 5.92 Å². The fourth-order valence-corrected chi connectivity index (χ4v) is 6.54. The lowest BCUT2D eigenvalue weighted by Crippen LogP contribution is -2.53. The highest BCUT2D eigenvalue weighted by Crippen LogP contribution is 2.27. The maximum atomic E-state index is 14.5. The Morgan fingerprint density at radius 1 is 0.872 bits per heavy atom. The number of hydrogen-bond donors (Lipinski definition) is 1. The van der Waals surface area contributed by atoms with Crippen molar-refractivity contribution in [2.75, 3.05) is 24.0 Å². The van der Waals surface area contributed by atoms with Crippen LogP contribution < -0.4 is 14.4 Å². The van der Waals surface area contributed by atoms with Crippen molar-refractivity contribution in [1.82, 2.24) is 10.2 Å². The van der Waals surface area contributed by atoms with Gasteiger partial charge < -0.3 is 15.0 Å². The SMILES string of the molecule is CCOc1ccc(S(=O)(=O)N(CC(=O)N(Cc2cccc(C)c2)C(Cc2ccccc2)C(=O)NCC(C)C)c2ccc(F)cc2)cc1. The van der Waals surface area contributed by atoms with Crippen molar-refractivity contribution in [2.45, 2.75) is 51.6 Å². The molecule has 1 N–H and O–H groups in total. The molecule has 2 amide bonds. The highest BCUT2D eigenvalue weighted by atomic mass is 32.2.